The number of hydrogen-bond acceptors (Lipinski definition) is 4. The fourth-order valence-corrected chi connectivity index (χ4v) is 1.29. The third-order valence-electron chi connectivity index (χ3n) is 1.87. The van der Waals surface area contributed by atoms with Crippen LogP contribution < -0.4 is 9.96 Å². The maximum absolute atomic E-state index is 8.97. The SMILES string of the molecule is C=C(C)c1c(OC)cccc1N(O)O. The Labute approximate surface area is 82.6 Å². The molecule has 1 aromatic rings. The van der Waals surface area contributed by atoms with E-state index in [9.17, 15) is 0 Å². The van der Waals surface area contributed by atoms with Gasteiger partial charge in [0.2, 0.25) is 0 Å². The van der Waals surface area contributed by atoms with Crippen LogP contribution in [0, 0.1) is 0 Å². The van der Waals surface area contributed by atoms with E-state index in [1.807, 2.05) is 0 Å². The second-order valence-corrected chi connectivity index (χ2v) is 2.92. The summed E-state index contributed by atoms with van der Waals surface area (Å²) in [6.45, 7) is 5.52. The summed E-state index contributed by atoms with van der Waals surface area (Å²) in [5.74, 6) is 0.558. The highest BCUT2D eigenvalue weighted by Crippen LogP contribution is 2.33. The van der Waals surface area contributed by atoms with E-state index in [4.69, 9.17) is 15.2 Å². The lowest BCUT2D eigenvalue weighted by molar-refractivity contribution is 0.0289. The van der Waals surface area contributed by atoms with E-state index in [0.717, 1.165) is 0 Å². The first kappa shape index (κ1) is 10.6. The summed E-state index contributed by atoms with van der Waals surface area (Å²) < 4.78 is 5.09. The van der Waals surface area contributed by atoms with Crippen LogP contribution in [0.3, 0.4) is 0 Å². The lowest BCUT2D eigenvalue weighted by Crippen LogP contribution is -2.13. The Hall–Kier alpha value is -1.52. The fourth-order valence-electron chi connectivity index (χ4n) is 1.29. The van der Waals surface area contributed by atoms with Gasteiger partial charge < -0.3 is 4.74 Å². The Balaban J connectivity index is 3.35. The second kappa shape index (κ2) is 4.13. The maximum Gasteiger partial charge on any atom is 0.128 e. The highest BCUT2D eigenvalue weighted by Gasteiger charge is 2.12. The van der Waals surface area contributed by atoms with Crippen LogP contribution in [0.5, 0.6) is 5.75 Å². The normalized spacial score (nSPS) is 9.71. The molecule has 0 atom stereocenters. The molecule has 0 heterocycles. The maximum atomic E-state index is 8.97. The summed E-state index contributed by atoms with van der Waals surface area (Å²) in [5, 5.41) is 18.0. The molecule has 0 amide bonds. The van der Waals surface area contributed by atoms with Gasteiger partial charge in [-0.1, -0.05) is 12.6 Å². The minimum Gasteiger partial charge on any atom is -0.496 e. The number of ether oxygens (including phenoxy) is 1. The summed E-state index contributed by atoms with van der Waals surface area (Å²) in [6.07, 6.45) is 0. The molecule has 0 spiro atoms. The number of benzene rings is 1. The van der Waals surface area contributed by atoms with Crippen molar-refractivity contribution < 1.29 is 15.2 Å². The predicted octanol–water partition coefficient (Wildman–Crippen LogP) is 2.31. The quantitative estimate of drug-likeness (QED) is 0.727. The van der Waals surface area contributed by atoms with Crippen molar-refractivity contribution in [3.63, 3.8) is 0 Å². The van der Waals surface area contributed by atoms with Crippen LogP contribution in [-0.4, -0.2) is 17.5 Å². The highest BCUT2D eigenvalue weighted by molar-refractivity contribution is 5.78. The van der Waals surface area contributed by atoms with Crippen LogP contribution in [0.15, 0.2) is 24.8 Å². The molecular weight excluding hydrogens is 182 g/mol. The lowest BCUT2D eigenvalue weighted by Gasteiger charge is -2.16. The summed E-state index contributed by atoms with van der Waals surface area (Å²) in [5.41, 5.74) is 1.53. The van der Waals surface area contributed by atoms with Crippen molar-refractivity contribution in [2.45, 2.75) is 6.92 Å². The summed E-state index contributed by atoms with van der Waals surface area (Å²) >= 11 is 0. The molecule has 0 saturated carbocycles. The highest BCUT2D eigenvalue weighted by atomic mass is 16.8. The average molecular weight is 195 g/mol. The van der Waals surface area contributed by atoms with Crippen LogP contribution in [-0.2, 0) is 0 Å². The third kappa shape index (κ3) is 1.86. The van der Waals surface area contributed by atoms with Gasteiger partial charge in [-0.3, -0.25) is 10.4 Å². The zero-order valence-corrected chi connectivity index (χ0v) is 8.19. The molecule has 0 bridgehead atoms. The van der Waals surface area contributed by atoms with Crippen LogP contribution in [0.2, 0.25) is 0 Å². The molecule has 0 unspecified atom stereocenters. The monoisotopic (exact) mass is 195 g/mol. The fraction of sp³-hybridized carbons (Fsp3) is 0.200. The Morgan fingerprint density at radius 2 is 2.07 bits per heavy atom. The van der Waals surface area contributed by atoms with Crippen molar-refractivity contribution in [3.8, 4) is 5.75 Å². The first-order valence-corrected chi connectivity index (χ1v) is 4.08. The molecule has 76 valence electrons. The van der Waals surface area contributed by atoms with E-state index in [2.05, 4.69) is 6.58 Å². The number of methoxy groups -OCH3 is 1. The Morgan fingerprint density at radius 1 is 1.43 bits per heavy atom. The molecule has 1 rings (SSSR count). The number of rotatable bonds is 3. The molecule has 0 aliphatic rings. The van der Waals surface area contributed by atoms with Crippen molar-refractivity contribution in [1.29, 1.82) is 0 Å². The van der Waals surface area contributed by atoms with E-state index in [1.54, 1.807) is 25.1 Å². The molecule has 0 fully saturated rings. The molecule has 2 N–H and O–H groups in total. The molecule has 0 saturated heterocycles. The molecule has 0 radical (unpaired) electrons. The van der Waals surface area contributed by atoms with Gasteiger partial charge in [-0.25, -0.2) is 0 Å². The molecule has 1 aromatic carbocycles. The molecule has 14 heavy (non-hydrogen) atoms. The van der Waals surface area contributed by atoms with Crippen LogP contribution >= 0.6 is 0 Å². The predicted molar refractivity (Wildman–Crippen MR) is 53.8 cm³/mol. The zero-order valence-electron chi connectivity index (χ0n) is 8.19. The van der Waals surface area contributed by atoms with Crippen LogP contribution in [0.1, 0.15) is 12.5 Å². The number of nitrogens with zero attached hydrogens (tertiary/aromatic N) is 1. The smallest absolute Gasteiger partial charge is 0.128 e. The van der Waals surface area contributed by atoms with E-state index in [1.165, 1.54) is 7.11 Å². The van der Waals surface area contributed by atoms with E-state index < -0.39 is 0 Å². The first-order chi connectivity index (χ1) is 6.57. The van der Waals surface area contributed by atoms with Gasteiger partial charge in [0.1, 0.15) is 11.4 Å². The summed E-state index contributed by atoms with van der Waals surface area (Å²) in [7, 11) is 1.52. The molecule has 0 aromatic heterocycles. The second-order valence-electron chi connectivity index (χ2n) is 2.92. The van der Waals surface area contributed by atoms with Gasteiger partial charge in [-0.2, -0.15) is 0 Å². The summed E-state index contributed by atoms with van der Waals surface area (Å²) in [4.78, 5) is 0. The van der Waals surface area contributed by atoms with Gasteiger partial charge >= 0.3 is 0 Å². The van der Waals surface area contributed by atoms with Crippen molar-refractivity contribution in [3.05, 3.63) is 30.3 Å². The minimum absolute atomic E-state index is 0.0620. The molecule has 0 aliphatic carbocycles. The van der Waals surface area contributed by atoms with Crippen LogP contribution in [0.4, 0.5) is 5.69 Å². The molecular formula is C10H13NO3. The van der Waals surface area contributed by atoms with Gasteiger partial charge in [-0.05, 0) is 24.6 Å². The van der Waals surface area contributed by atoms with Crippen molar-refractivity contribution in [2.75, 3.05) is 12.3 Å². The topological polar surface area (TPSA) is 52.9 Å². The number of allylic oxidation sites excluding steroid dienone is 1. The van der Waals surface area contributed by atoms with Crippen LogP contribution in [0.25, 0.3) is 5.57 Å². The Kier molecular flexibility index (Phi) is 3.11. The van der Waals surface area contributed by atoms with Crippen molar-refractivity contribution in [2.24, 2.45) is 0 Å². The molecule has 4 nitrogen and oxygen atoms in total. The minimum atomic E-state index is 0.0620. The standard InChI is InChI=1S/C10H13NO3/c1-7(2)10-8(11(12)13)5-4-6-9(10)14-3/h4-6,12-13H,1H2,2-3H3. The van der Waals surface area contributed by atoms with E-state index in [-0.39, 0.29) is 10.9 Å². The van der Waals surface area contributed by atoms with E-state index >= 15 is 0 Å². The molecule has 0 aliphatic heterocycles. The van der Waals surface area contributed by atoms with E-state index in [0.29, 0.717) is 16.9 Å². The Morgan fingerprint density at radius 3 is 2.50 bits per heavy atom. The van der Waals surface area contributed by atoms with Gasteiger partial charge in [0.05, 0.1) is 7.11 Å². The zero-order chi connectivity index (χ0) is 10.7. The van der Waals surface area contributed by atoms with Gasteiger partial charge in [-0.15, -0.1) is 5.23 Å². The lowest BCUT2D eigenvalue weighted by atomic mass is 10.1. The van der Waals surface area contributed by atoms with Crippen molar-refractivity contribution >= 4 is 11.3 Å². The van der Waals surface area contributed by atoms with Gasteiger partial charge in [0, 0.05) is 5.56 Å². The van der Waals surface area contributed by atoms with Crippen molar-refractivity contribution in [1.82, 2.24) is 0 Å². The first-order valence-electron chi connectivity index (χ1n) is 4.08. The number of anilines is 1. The Bertz CT molecular complexity index is 347. The van der Waals surface area contributed by atoms with Gasteiger partial charge in [0.25, 0.3) is 0 Å². The average Bonchev–Trinajstić information content (AvgIpc) is 2.16. The third-order valence-corrected chi connectivity index (χ3v) is 1.87. The van der Waals surface area contributed by atoms with Gasteiger partial charge in [0.15, 0.2) is 0 Å². The number of hydrogen-bond donors (Lipinski definition) is 2. The summed E-state index contributed by atoms with van der Waals surface area (Å²) in [6, 6.07) is 4.96. The molecule has 4 heteroatoms. The largest absolute Gasteiger partial charge is 0.496 e.